The predicted molar refractivity (Wildman–Crippen MR) is 132 cm³/mol. The minimum Gasteiger partial charge on any atom is -0.444 e. The summed E-state index contributed by atoms with van der Waals surface area (Å²) in [4.78, 5) is 30.7. The van der Waals surface area contributed by atoms with Crippen molar-refractivity contribution in [1.29, 1.82) is 0 Å². The van der Waals surface area contributed by atoms with Crippen LogP contribution in [0.4, 0.5) is 4.79 Å². The maximum atomic E-state index is 12.7. The van der Waals surface area contributed by atoms with Crippen molar-refractivity contribution in [3.63, 3.8) is 0 Å². The molecule has 184 valence electrons. The smallest absolute Gasteiger partial charge is 0.408 e. The van der Waals surface area contributed by atoms with Crippen LogP contribution in [0.15, 0.2) is 35.5 Å². The molecule has 0 bridgehead atoms. The average Bonchev–Trinajstić information content (AvgIpc) is 2.97. The van der Waals surface area contributed by atoms with Gasteiger partial charge < -0.3 is 15.0 Å². The number of ether oxygens (including phenoxy) is 1. The lowest BCUT2D eigenvalue weighted by molar-refractivity contribution is -0.130. The Morgan fingerprint density at radius 2 is 2.03 bits per heavy atom. The van der Waals surface area contributed by atoms with E-state index >= 15 is 0 Å². The molecule has 10 heteroatoms. The maximum absolute atomic E-state index is 12.7. The van der Waals surface area contributed by atoms with Crippen molar-refractivity contribution in [2.75, 3.05) is 26.2 Å². The zero-order valence-corrected chi connectivity index (χ0v) is 20.8. The topological polar surface area (TPSA) is 115 Å². The zero-order chi connectivity index (χ0) is 25.1. The molecule has 9 nitrogen and oxygen atoms in total. The number of aromatic nitrogens is 1. The number of rotatable bonds is 4. The Labute approximate surface area is 202 Å². The second kappa shape index (κ2) is 10.2. The molecule has 1 aromatic carbocycles. The van der Waals surface area contributed by atoms with Gasteiger partial charge in [0.25, 0.3) is 0 Å². The lowest BCUT2D eigenvalue weighted by Crippen LogP contribution is -2.46. The van der Waals surface area contributed by atoms with E-state index in [2.05, 4.69) is 16.2 Å². The summed E-state index contributed by atoms with van der Waals surface area (Å²) in [6.07, 6.45) is 8.70. The summed E-state index contributed by atoms with van der Waals surface area (Å²) in [5, 5.41) is 3.80. The summed E-state index contributed by atoms with van der Waals surface area (Å²) in [5.74, 6) is 2.32. The van der Waals surface area contributed by atoms with Crippen molar-refractivity contribution in [2.45, 2.75) is 50.7 Å². The van der Waals surface area contributed by atoms with E-state index in [4.69, 9.17) is 11.2 Å². The summed E-state index contributed by atoms with van der Waals surface area (Å²) in [5.41, 5.74) is -0.170. The number of hydrogen-bond donors (Lipinski definition) is 3. The van der Waals surface area contributed by atoms with E-state index < -0.39 is 22.5 Å². The fourth-order valence-corrected chi connectivity index (χ4v) is 5.95. The molecule has 2 heterocycles. The highest BCUT2D eigenvalue weighted by atomic mass is 32.3. The number of alkyl carbamates (subject to hydrolysis) is 1. The van der Waals surface area contributed by atoms with Gasteiger partial charge in [-0.1, -0.05) is 18.1 Å². The van der Waals surface area contributed by atoms with Gasteiger partial charge in [-0.25, -0.2) is 4.79 Å². The average molecular weight is 489 g/mol. The van der Waals surface area contributed by atoms with E-state index in [1.54, 1.807) is 48.3 Å². The molecule has 0 aliphatic carbocycles. The normalized spacial score (nSPS) is 18.1. The number of nitrogens with one attached hydrogen (secondary N) is 1. The molecule has 0 unspecified atom stereocenters. The fraction of sp³-hybridized carbons (Fsp3) is 0.458. The van der Waals surface area contributed by atoms with Crippen LogP contribution in [-0.2, 0) is 9.53 Å². The van der Waals surface area contributed by atoms with Crippen LogP contribution in [0.3, 0.4) is 0 Å². The first-order valence-corrected chi connectivity index (χ1v) is 12.6. The highest BCUT2D eigenvalue weighted by molar-refractivity contribution is 8.22. The van der Waals surface area contributed by atoms with Gasteiger partial charge in [0.15, 0.2) is 0 Å². The van der Waals surface area contributed by atoms with Crippen LogP contribution in [-0.4, -0.2) is 73.1 Å². The Kier molecular flexibility index (Phi) is 7.73. The van der Waals surface area contributed by atoms with Crippen LogP contribution in [0.25, 0.3) is 10.8 Å². The van der Waals surface area contributed by atoms with Crippen LogP contribution in [0.2, 0.25) is 0 Å². The number of pyridine rings is 1. The molecule has 34 heavy (non-hydrogen) atoms. The van der Waals surface area contributed by atoms with Crippen LogP contribution < -0.4 is 5.32 Å². The van der Waals surface area contributed by atoms with Crippen molar-refractivity contribution in [2.24, 2.45) is 0 Å². The van der Waals surface area contributed by atoms with Crippen molar-refractivity contribution in [3.8, 4) is 12.3 Å². The van der Waals surface area contributed by atoms with E-state index in [0.717, 1.165) is 5.39 Å². The van der Waals surface area contributed by atoms with Gasteiger partial charge >= 0.3 is 6.09 Å². The third-order valence-electron chi connectivity index (χ3n) is 5.44. The molecule has 1 aliphatic rings. The summed E-state index contributed by atoms with van der Waals surface area (Å²) in [6.45, 7) is 7.97. The van der Waals surface area contributed by atoms with Gasteiger partial charge in [-0.15, -0.1) is 17.2 Å². The number of carbonyl (C=O) groups excluding carboxylic acids is 2. The summed E-state index contributed by atoms with van der Waals surface area (Å²) >= 11 is 0. The van der Waals surface area contributed by atoms with Gasteiger partial charge in [-0.3, -0.25) is 18.9 Å². The molecular weight excluding hydrogens is 456 g/mol. The molecule has 1 atom stereocenters. The van der Waals surface area contributed by atoms with Crippen molar-refractivity contribution >= 4 is 33.5 Å². The van der Waals surface area contributed by atoms with Gasteiger partial charge in [0, 0.05) is 48.8 Å². The lowest BCUT2D eigenvalue weighted by Gasteiger charge is -2.46. The van der Waals surface area contributed by atoms with Crippen molar-refractivity contribution in [3.05, 3.63) is 36.2 Å². The highest BCUT2D eigenvalue weighted by Crippen LogP contribution is 2.55. The molecule has 0 spiro atoms. The number of benzene rings is 1. The first-order chi connectivity index (χ1) is 15.9. The van der Waals surface area contributed by atoms with Gasteiger partial charge in [-0.2, -0.15) is 4.31 Å². The molecule has 3 rings (SSSR count). The van der Waals surface area contributed by atoms with E-state index in [-0.39, 0.29) is 25.0 Å². The van der Waals surface area contributed by atoms with Crippen LogP contribution in [0, 0.1) is 12.3 Å². The van der Waals surface area contributed by atoms with Gasteiger partial charge in [0.1, 0.15) is 12.1 Å². The molecular formula is C24H32N4O5S. The van der Waals surface area contributed by atoms with Crippen LogP contribution in [0.5, 0.6) is 0 Å². The van der Waals surface area contributed by atoms with Crippen LogP contribution in [0.1, 0.15) is 39.7 Å². The SMILES string of the molecule is C#Cc1cncc2cccc(S(O)(O)N3CCCN(C(=O)CNC(=O)OC(C)(C)C)C[C@@H]3C)c12. The van der Waals surface area contributed by atoms with Crippen molar-refractivity contribution < 1.29 is 23.4 Å². The Morgan fingerprint density at radius 1 is 1.29 bits per heavy atom. The third kappa shape index (κ3) is 5.80. The molecule has 1 aromatic heterocycles. The van der Waals surface area contributed by atoms with E-state index in [1.165, 1.54) is 6.20 Å². The predicted octanol–water partition coefficient (Wildman–Crippen LogP) is 3.69. The van der Waals surface area contributed by atoms with Gasteiger partial charge in [0.2, 0.25) is 5.91 Å². The first-order valence-electron chi connectivity index (χ1n) is 11.1. The Hall–Kier alpha value is -2.84. The molecule has 3 N–H and O–H groups in total. The number of hydrogen-bond acceptors (Lipinski definition) is 7. The van der Waals surface area contributed by atoms with Crippen LogP contribution >= 0.6 is 10.8 Å². The molecule has 0 saturated carbocycles. The summed E-state index contributed by atoms with van der Waals surface area (Å²) in [7, 11) is -3.41. The van der Waals surface area contributed by atoms with Gasteiger partial charge in [-0.05, 0) is 40.2 Å². The number of amides is 2. The summed E-state index contributed by atoms with van der Waals surface area (Å²) in [6, 6.07) is 4.88. The second-order valence-electron chi connectivity index (χ2n) is 9.24. The minimum absolute atomic E-state index is 0.195. The fourth-order valence-electron chi connectivity index (χ4n) is 3.98. The molecule has 0 radical (unpaired) electrons. The number of carbonyl (C=O) groups is 2. The first kappa shape index (κ1) is 25.8. The Balaban J connectivity index is 1.77. The standard InChI is InChI=1S/C24H32N4O5S/c1-6-18-13-25-14-19-9-7-10-20(22(18)19)34(31,32)28-12-8-11-27(16-17(28)2)21(29)15-26-23(30)33-24(3,4)5/h1,7,9-10,13-14,17,31-32H,8,11-12,15-16H2,2-5H3,(H,26,30)/t17-/m0/s1. The monoisotopic (exact) mass is 488 g/mol. The molecule has 2 aromatic rings. The minimum atomic E-state index is -3.41. The largest absolute Gasteiger partial charge is 0.444 e. The second-order valence-corrected chi connectivity index (χ2v) is 11.2. The molecule has 2 amide bonds. The van der Waals surface area contributed by atoms with Crippen molar-refractivity contribution in [1.82, 2.24) is 19.5 Å². The number of terminal acetylenes is 1. The zero-order valence-electron chi connectivity index (χ0n) is 19.9. The van der Waals surface area contributed by atoms with E-state index in [9.17, 15) is 18.7 Å². The number of fused-ring (bicyclic) bond motifs is 1. The lowest BCUT2D eigenvalue weighted by atomic mass is 10.1. The number of nitrogens with zero attached hydrogens (tertiary/aromatic N) is 3. The van der Waals surface area contributed by atoms with E-state index in [1.807, 2.05) is 13.0 Å². The molecule has 1 saturated heterocycles. The third-order valence-corrected chi connectivity index (χ3v) is 7.57. The quantitative estimate of drug-likeness (QED) is 0.562. The Bertz CT molecular complexity index is 1100. The van der Waals surface area contributed by atoms with Gasteiger partial charge in [0.05, 0.1) is 10.5 Å². The summed E-state index contributed by atoms with van der Waals surface area (Å²) < 4.78 is 29.7. The highest BCUT2D eigenvalue weighted by Gasteiger charge is 2.35. The Morgan fingerprint density at radius 3 is 2.71 bits per heavy atom. The molecule has 1 fully saturated rings. The maximum Gasteiger partial charge on any atom is 0.408 e. The molecule has 1 aliphatic heterocycles. The van der Waals surface area contributed by atoms with E-state index in [0.29, 0.717) is 35.4 Å².